The molecule has 3 aliphatic rings. The van der Waals surface area contributed by atoms with Crippen LogP contribution < -0.4 is 9.61 Å². The number of methoxy groups -OCH3 is 1. The van der Waals surface area contributed by atoms with Crippen LogP contribution in [0.15, 0.2) is 60.7 Å². The lowest BCUT2D eigenvalue weighted by atomic mass is 9.71. The first-order valence-electron chi connectivity index (χ1n) is 13.5. The number of rotatable bonds is 13. The number of piperidine rings is 3. The molecule has 0 aromatic heterocycles. The molecule has 2 unspecified atom stereocenters. The molecule has 3 fully saturated rings. The number of esters is 1. The van der Waals surface area contributed by atoms with Gasteiger partial charge < -0.3 is 14.0 Å². The molecule has 39 heavy (non-hydrogen) atoms. The normalized spacial score (nSPS) is 26.7. The minimum atomic E-state index is -4.22. The lowest BCUT2D eigenvalue weighted by molar-refractivity contribution is -0.163. The predicted octanol–water partition coefficient (Wildman–Crippen LogP) is 4.41. The van der Waals surface area contributed by atoms with Crippen LogP contribution in [0.2, 0.25) is 0 Å². The average molecular weight is 559 g/mol. The monoisotopic (exact) mass is 558 g/mol. The quantitative estimate of drug-likeness (QED) is 0.283. The summed E-state index contributed by atoms with van der Waals surface area (Å²) < 4.78 is 37.4. The van der Waals surface area contributed by atoms with Crippen LogP contribution in [0.3, 0.4) is 0 Å². The Kier molecular flexibility index (Phi) is 9.62. The van der Waals surface area contributed by atoms with Gasteiger partial charge in [0.2, 0.25) is 0 Å². The summed E-state index contributed by atoms with van der Waals surface area (Å²) in [7, 11) is -2.68. The minimum absolute atomic E-state index is 0.0278. The molecular formula is C29H39N2O7P. The van der Waals surface area contributed by atoms with E-state index in [1.165, 1.54) is 0 Å². The largest absolute Gasteiger partial charge is 0.462 e. The second kappa shape index (κ2) is 12.7. The highest BCUT2D eigenvalue weighted by Gasteiger charge is 2.57. The summed E-state index contributed by atoms with van der Waals surface area (Å²) in [5, 5.41) is 2.87. The van der Waals surface area contributed by atoms with Gasteiger partial charge in [0.25, 0.3) is 0 Å². The van der Waals surface area contributed by atoms with Crippen LogP contribution in [0.1, 0.15) is 39.2 Å². The van der Waals surface area contributed by atoms with Crippen LogP contribution in [0.5, 0.6) is 5.75 Å². The topological polar surface area (TPSA) is 103 Å². The first kappa shape index (κ1) is 29.4. The molecule has 10 heteroatoms. The van der Waals surface area contributed by atoms with Crippen molar-refractivity contribution in [1.82, 2.24) is 9.99 Å². The van der Waals surface area contributed by atoms with Crippen molar-refractivity contribution in [3.05, 3.63) is 66.2 Å². The second-order valence-electron chi connectivity index (χ2n) is 10.6. The summed E-state index contributed by atoms with van der Waals surface area (Å²) in [5.41, 5.74) is -0.252. The summed E-state index contributed by atoms with van der Waals surface area (Å²) in [6.45, 7) is 6.19. The van der Waals surface area contributed by atoms with E-state index in [1.54, 1.807) is 45.2 Å². The molecule has 0 radical (unpaired) electrons. The maximum absolute atomic E-state index is 14.4. The average Bonchev–Trinajstić information content (AvgIpc) is 2.91. The smallest absolute Gasteiger partial charge is 0.459 e. The molecule has 0 spiro atoms. The van der Waals surface area contributed by atoms with E-state index in [1.807, 2.05) is 36.4 Å². The van der Waals surface area contributed by atoms with Crippen molar-refractivity contribution in [2.75, 3.05) is 26.9 Å². The van der Waals surface area contributed by atoms with Crippen molar-refractivity contribution in [1.29, 1.82) is 0 Å². The minimum Gasteiger partial charge on any atom is -0.462 e. The molecule has 3 saturated heterocycles. The van der Waals surface area contributed by atoms with E-state index in [0.717, 1.165) is 24.9 Å². The molecule has 212 valence electrons. The van der Waals surface area contributed by atoms with Crippen molar-refractivity contribution in [3.8, 4) is 5.75 Å². The van der Waals surface area contributed by atoms with Crippen LogP contribution in [0, 0.1) is 5.92 Å². The van der Waals surface area contributed by atoms with E-state index in [0.29, 0.717) is 5.75 Å². The molecule has 9 nitrogen and oxygen atoms in total. The number of benzene rings is 2. The molecule has 2 aromatic rings. The third-order valence-corrected chi connectivity index (χ3v) is 8.86. The van der Waals surface area contributed by atoms with Crippen molar-refractivity contribution in [2.45, 2.75) is 63.8 Å². The first-order valence-corrected chi connectivity index (χ1v) is 15.0. The molecule has 0 aliphatic carbocycles. The van der Waals surface area contributed by atoms with Crippen molar-refractivity contribution >= 4 is 19.5 Å². The van der Waals surface area contributed by atoms with Gasteiger partial charge in [-0.1, -0.05) is 48.5 Å². The van der Waals surface area contributed by atoms with E-state index in [2.05, 4.69) is 16.9 Å². The standard InChI is InChI=1S/C29H39N2O7P/c1-21(2)37-28(33)26(18-23-11-7-5-8-12-23)30-39(34,38-25-13-9-6-10-14-25)36-20-29(19-35-4)27(32)24-15-16-31(29)22(3)17-24/h5-14,21-22,24,26H,15-20H2,1-4H3,(H,30,34)/t22-,24+,26+,29+,39?/m1/s1. The third-order valence-electron chi connectivity index (χ3n) is 7.31. The van der Waals surface area contributed by atoms with Gasteiger partial charge in [-0.15, -0.1) is 0 Å². The Morgan fingerprint density at radius 2 is 1.77 bits per heavy atom. The van der Waals surface area contributed by atoms with Gasteiger partial charge in [0.15, 0.2) is 5.78 Å². The predicted molar refractivity (Wildman–Crippen MR) is 147 cm³/mol. The van der Waals surface area contributed by atoms with E-state index in [-0.39, 0.29) is 43.5 Å². The van der Waals surface area contributed by atoms with Crippen molar-refractivity contribution in [2.24, 2.45) is 5.92 Å². The third kappa shape index (κ3) is 6.97. The number of ether oxygens (including phenoxy) is 2. The molecule has 2 bridgehead atoms. The summed E-state index contributed by atoms with van der Waals surface area (Å²) in [6, 6.07) is 17.1. The highest BCUT2D eigenvalue weighted by molar-refractivity contribution is 7.52. The fraction of sp³-hybridized carbons (Fsp3) is 0.517. The Labute approximate surface area is 230 Å². The summed E-state index contributed by atoms with van der Waals surface area (Å²) in [5.74, 6) is -0.348. The molecule has 0 saturated carbocycles. The zero-order valence-electron chi connectivity index (χ0n) is 23.1. The Bertz CT molecular complexity index is 1160. The van der Waals surface area contributed by atoms with E-state index >= 15 is 0 Å². The first-order chi connectivity index (χ1) is 18.7. The van der Waals surface area contributed by atoms with Gasteiger partial charge in [0.1, 0.15) is 17.3 Å². The number of carbonyl (C=O) groups is 2. The molecule has 3 aliphatic heterocycles. The molecule has 2 aromatic carbocycles. The van der Waals surface area contributed by atoms with Gasteiger partial charge in [0.05, 0.1) is 19.3 Å². The number of carbonyl (C=O) groups excluding carboxylic acids is 2. The maximum atomic E-state index is 14.4. The molecule has 5 rings (SSSR count). The van der Waals surface area contributed by atoms with Crippen LogP contribution in [-0.4, -0.2) is 67.2 Å². The van der Waals surface area contributed by atoms with E-state index in [9.17, 15) is 14.2 Å². The molecule has 3 heterocycles. The van der Waals surface area contributed by atoms with Crippen molar-refractivity contribution in [3.63, 3.8) is 0 Å². The number of Topliss-reactive ketones (excluding diaryl/α,β-unsaturated/α-hetero) is 1. The highest BCUT2D eigenvalue weighted by Crippen LogP contribution is 2.48. The van der Waals surface area contributed by atoms with Crippen LogP contribution >= 0.6 is 7.75 Å². The fourth-order valence-corrected chi connectivity index (χ4v) is 7.14. The number of fused-ring (bicyclic) bond motifs is 3. The SMILES string of the molecule is COC[C@]1(COP(=O)(N[C@@H](Cc2ccccc2)C(=O)OC(C)C)Oc2ccccc2)C(=O)[C@H]2CCN1[C@H](C)C2. The number of nitrogens with one attached hydrogen (secondary N) is 1. The van der Waals surface area contributed by atoms with Gasteiger partial charge in [-0.3, -0.25) is 19.0 Å². The van der Waals surface area contributed by atoms with Gasteiger partial charge in [-0.25, -0.2) is 4.57 Å². The summed E-state index contributed by atoms with van der Waals surface area (Å²) >= 11 is 0. The molecular weight excluding hydrogens is 519 g/mol. The summed E-state index contributed by atoms with van der Waals surface area (Å²) in [4.78, 5) is 28.8. The van der Waals surface area contributed by atoms with Crippen LogP contribution in [-0.2, 0) is 34.6 Å². The number of ketones is 1. The Balaban J connectivity index is 1.64. The van der Waals surface area contributed by atoms with Gasteiger partial charge in [0, 0.05) is 25.6 Å². The Morgan fingerprint density at radius 3 is 2.38 bits per heavy atom. The van der Waals surface area contributed by atoms with E-state index < -0.39 is 25.3 Å². The zero-order chi connectivity index (χ0) is 28.0. The molecule has 1 N–H and O–H groups in total. The molecule has 0 amide bonds. The number of hydrogen-bond donors (Lipinski definition) is 1. The Hall–Kier alpha value is -2.55. The second-order valence-corrected chi connectivity index (χ2v) is 12.3. The highest BCUT2D eigenvalue weighted by atomic mass is 31.2. The number of hydrogen-bond acceptors (Lipinski definition) is 8. The van der Waals surface area contributed by atoms with Crippen LogP contribution in [0.25, 0.3) is 0 Å². The summed E-state index contributed by atoms with van der Waals surface area (Å²) in [6.07, 6.45) is 1.39. The van der Waals surface area contributed by atoms with E-state index in [4.69, 9.17) is 18.5 Å². The molecule has 6 atom stereocenters. The van der Waals surface area contributed by atoms with Gasteiger partial charge in [-0.05, 0) is 57.7 Å². The number of para-hydroxylation sites is 1. The van der Waals surface area contributed by atoms with Gasteiger partial charge >= 0.3 is 13.7 Å². The lowest BCUT2D eigenvalue weighted by Gasteiger charge is -2.55. The maximum Gasteiger partial charge on any atom is 0.459 e. The van der Waals surface area contributed by atoms with Gasteiger partial charge in [-0.2, -0.15) is 5.09 Å². The Morgan fingerprint density at radius 1 is 1.10 bits per heavy atom. The fourth-order valence-electron chi connectivity index (χ4n) is 5.59. The zero-order valence-corrected chi connectivity index (χ0v) is 24.0. The van der Waals surface area contributed by atoms with Crippen molar-refractivity contribution < 1.29 is 32.7 Å². The number of nitrogens with zero attached hydrogens (tertiary/aromatic N) is 1. The lowest BCUT2D eigenvalue weighted by Crippen LogP contribution is -2.71. The van der Waals surface area contributed by atoms with Crippen LogP contribution in [0.4, 0.5) is 0 Å².